The number of nitrogens with one attached hydrogen (secondary N) is 1. The lowest BCUT2D eigenvalue weighted by atomic mass is 10.1. The number of hydrogen-bond acceptors (Lipinski definition) is 8. The number of pyridine rings is 2. The number of nitrogens with zero attached hydrogens (tertiary/aromatic N) is 7. The number of rotatable bonds is 8. The van der Waals surface area contributed by atoms with Gasteiger partial charge >= 0.3 is 0 Å². The molecule has 0 aromatic carbocycles. The molecule has 10 nitrogen and oxygen atoms in total. The lowest BCUT2D eigenvalue weighted by molar-refractivity contribution is 0.198. The molecule has 0 fully saturated rings. The van der Waals surface area contributed by atoms with Crippen molar-refractivity contribution in [1.82, 2.24) is 24.4 Å². The van der Waals surface area contributed by atoms with Crippen LogP contribution in [0.15, 0.2) is 65.2 Å². The molecular formula is C27H28N8O2. The van der Waals surface area contributed by atoms with Crippen LogP contribution >= 0.6 is 0 Å². The van der Waals surface area contributed by atoms with Crippen molar-refractivity contribution in [3.8, 4) is 28.9 Å². The molecule has 0 aliphatic carbocycles. The van der Waals surface area contributed by atoms with Gasteiger partial charge in [0, 0.05) is 34.3 Å². The summed E-state index contributed by atoms with van der Waals surface area (Å²) < 4.78 is 8.98. The Morgan fingerprint density at radius 2 is 2.08 bits per heavy atom. The van der Waals surface area contributed by atoms with Gasteiger partial charge in [0.1, 0.15) is 11.8 Å². The monoisotopic (exact) mass is 496 g/mol. The van der Waals surface area contributed by atoms with Gasteiger partial charge in [-0.1, -0.05) is 6.07 Å². The largest absolute Gasteiger partial charge is 0.494 e. The van der Waals surface area contributed by atoms with Crippen molar-refractivity contribution in [3.05, 3.63) is 77.2 Å². The molecule has 4 rings (SSSR count). The number of aliphatic imine (C=N–C) groups is 1. The first-order valence-corrected chi connectivity index (χ1v) is 11.6. The second kappa shape index (κ2) is 10.5. The number of aryl methyl sites for hydroxylation is 1. The van der Waals surface area contributed by atoms with E-state index in [0.717, 1.165) is 33.9 Å². The standard InChI is InChI=1S/C27H28N8O2/c1-16(29-5)7-8-17(2)31-24-15-34-25(12-26(24)37-6)22(14-30-34)23-10-9-21(19(4)36)27(32-23)35-18(3)11-20(13-28)33-35/h7-12,14-15,19,31,36H,5H2,1-4,6H3/b16-7-,17-8+. The van der Waals surface area contributed by atoms with Gasteiger partial charge in [-0.25, -0.2) is 14.2 Å². The highest BCUT2D eigenvalue weighted by molar-refractivity contribution is 5.81. The van der Waals surface area contributed by atoms with E-state index in [-0.39, 0.29) is 5.69 Å². The topological polar surface area (TPSA) is 126 Å². The molecule has 0 bridgehead atoms. The molecule has 0 aliphatic heterocycles. The van der Waals surface area contributed by atoms with Crippen LogP contribution in [-0.4, -0.2) is 43.3 Å². The van der Waals surface area contributed by atoms with Gasteiger partial charge in [0.2, 0.25) is 0 Å². The molecule has 1 unspecified atom stereocenters. The summed E-state index contributed by atoms with van der Waals surface area (Å²) in [6.07, 6.45) is 6.58. The highest BCUT2D eigenvalue weighted by atomic mass is 16.5. The predicted octanol–water partition coefficient (Wildman–Crippen LogP) is 4.74. The van der Waals surface area contributed by atoms with E-state index in [9.17, 15) is 10.4 Å². The maximum absolute atomic E-state index is 10.4. The van der Waals surface area contributed by atoms with Crippen LogP contribution in [0.1, 0.15) is 43.8 Å². The second-order valence-corrected chi connectivity index (χ2v) is 8.56. The Hall–Kier alpha value is -4.75. The molecule has 0 radical (unpaired) electrons. The predicted molar refractivity (Wildman–Crippen MR) is 143 cm³/mol. The number of allylic oxidation sites excluding steroid dienone is 4. The minimum atomic E-state index is -0.777. The van der Waals surface area contributed by atoms with Gasteiger partial charge in [0.15, 0.2) is 11.5 Å². The number of hydrogen-bond donors (Lipinski definition) is 2. The number of fused-ring (bicyclic) bond motifs is 1. The minimum absolute atomic E-state index is 0.276. The highest BCUT2D eigenvalue weighted by Gasteiger charge is 2.19. The van der Waals surface area contributed by atoms with E-state index in [1.807, 2.05) is 57.3 Å². The van der Waals surface area contributed by atoms with E-state index in [2.05, 4.69) is 33.3 Å². The molecule has 0 aliphatic rings. The zero-order valence-corrected chi connectivity index (χ0v) is 21.4. The molecule has 4 heterocycles. The maximum atomic E-state index is 10.4. The molecule has 1 atom stereocenters. The summed E-state index contributed by atoms with van der Waals surface area (Å²) in [6.45, 7) is 10.8. The first kappa shape index (κ1) is 25.3. The van der Waals surface area contributed by atoms with E-state index >= 15 is 0 Å². The Morgan fingerprint density at radius 3 is 2.73 bits per heavy atom. The van der Waals surface area contributed by atoms with Gasteiger partial charge in [0.25, 0.3) is 0 Å². The van der Waals surface area contributed by atoms with E-state index < -0.39 is 6.10 Å². The number of methoxy groups -OCH3 is 1. The molecular weight excluding hydrogens is 468 g/mol. The van der Waals surface area contributed by atoms with Crippen molar-refractivity contribution in [1.29, 1.82) is 5.26 Å². The molecule has 4 aromatic heterocycles. The SMILES string of the molecule is C=N/C(C)=C\C=C(/C)Nc1cn2ncc(-c3ccc(C(C)O)c(-n4nc(C#N)cc4C)n3)c2cc1OC. The summed E-state index contributed by atoms with van der Waals surface area (Å²) >= 11 is 0. The fourth-order valence-electron chi connectivity index (χ4n) is 3.87. The van der Waals surface area contributed by atoms with Crippen LogP contribution in [0, 0.1) is 18.3 Å². The zero-order valence-electron chi connectivity index (χ0n) is 21.4. The normalized spacial score (nSPS) is 12.9. The van der Waals surface area contributed by atoms with Gasteiger partial charge < -0.3 is 15.2 Å². The average molecular weight is 497 g/mol. The van der Waals surface area contributed by atoms with Crippen LogP contribution in [0.5, 0.6) is 5.75 Å². The summed E-state index contributed by atoms with van der Waals surface area (Å²) in [6, 6.07) is 9.26. The van der Waals surface area contributed by atoms with Gasteiger partial charge in [-0.2, -0.15) is 15.5 Å². The lowest BCUT2D eigenvalue weighted by Crippen LogP contribution is -2.09. The van der Waals surface area contributed by atoms with Crippen LogP contribution < -0.4 is 10.1 Å². The third-order valence-electron chi connectivity index (χ3n) is 5.83. The van der Waals surface area contributed by atoms with Crippen LogP contribution in [0.25, 0.3) is 22.6 Å². The van der Waals surface area contributed by atoms with Crippen LogP contribution in [0.4, 0.5) is 5.69 Å². The van der Waals surface area contributed by atoms with Gasteiger partial charge in [0.05, 0.1) is 42.5 Å². The molecule has 10 heteroatoms. The quantitative estimate of drug-likeness (QED) is 0.266. The van der Waals surface area contributed by atoms with Crippen molar-refractivity contribution in [2.45, 2.75) is 33.8 Å². The van der Waals surface area contributed by atoms with Gasteiger partial charge in [-0.15, -0.1) is 0 Å². The number of aliphatic hydroxyl groups excluding tert-OH is 1. The van der Waals surface area contributed by atoms with Crippen molar-refractivity contribution < 1.29 is 9.84 Å². The molecule has 0 saturated heterocycles. The highest BCUT2D eigenvalue weighted by Crippen LogP contribution is 2.33. The van der Waals surface area contributed by atoms with Crippen LogP contribution in [0.3, 0.4) is 0 Å². The number of aromatic nitrogens is 5. The van der Waals surface area contributed by atoms with E-state index in [4.69, 9.17) is 9.72 Å². The second-order valence-electron chi connectivity index (χ2n) is 8.56. The summed E-state index contributed by atoms with van der Waals surface area (Å²) in [5.74, 6) is 1.08. The Morgan fingerprint density at radius 1 is 1.30 bits per heavy atom. The molecule has 0 saturated carbocycles. The molecule has 188 valence electrons. The molecule has 37 heavy (non-hydrogen) atoms. The third kappa shape index (κ3) is 5.12. The average Bonchev–Trinajstić information content (AvgIpc) is 3.48. The first-order chi connectivity index (χ1) is 17.7. The summed E-state index contributed by atoms with van der Waals surface area (Å²) in [5, 5.41) is 31.8. The molecule has 4 aromatic rings. The van der Waals surface area contributed by atoms with E-state index in [1.54, 1.807) is 35.5 Å². The first-order valence-electron chi connectivity index (χ1n) is 11.6. The lowest BCUT2D eigenvalue weighted by Gasteiger charge is -2.14. The van der Waals surface area contributed by atoms with Gasteiger partial charge in [-0.3, -0.25) is 4.99 Å². The number of nitriles is 1. The third-order valence-corrected chi connectivity index (χ3v) is 5.83. The Labute approximate surface area is 214 Å². The minimum Gasteiger partial charge on any atom is -0.494 e. The van der Waals surface area contributed by atoms with Crippen LogP contribution in [-0.2, 0) is 0 Å². The smallest absolute Gasteiger partial charge is 0.163 e. The Bertz CT molecular complexity index is 1580. The maximum Gasteiger partial charge on any atom is 0.163 e. The summed E-state index contributed by atoms with van der Waals surface area (Å²) in [4.78, 5) is 8.72. The summed E-state index contributed by atoms with van der Waals surface area (Å²) in [5.41, 5.74) is 6.24. The zero-order chi connectivity index (χ0) is 26.7. The van der Waals surface area contributed by atoms with Crippen molar-refractivity contribution in [2.75, 3.05) is 12.4 Å². The fourth-order valence-corrected chi connectivity index (χ4v) is 3.87. The van der Waals surface area contributed by atoms with Crippen LogP contribution in [0.2, 0.25) is 0 Å². The van der Waals surface area contributed by atoms with Crippen molar-refractivity contribution >= 4 is 17.9 Å². The Kier molecular flexibility index (Phi) is 7.18. The van der Waals surface area contributed by atoms with E-state index in [1.165, 1.54) is 0 Å². The number of anilines is 1. The van der Waals surface area contributed by atoms with Gasteiger partial charge in [-0.05, 0) is 58.7 Å². The number of ether oxygens (including phenoxy) is 1. The number of aliphatic hydroxyl groups is 1. The fraction of sp³-hybridized carbons (Fsp3) is 0.222. The Balaban J connectivity index is 1.80. The molecule has 0 amide bonds. The molecule has 0 spiro atoms. The van der Waals surface area contributed by atoms with E-state index in [0.29, 0.717) is 22.8 Å². The summed E-state index contributed by atoms with van der Waals surface area (Å²) in [7, 11) is 1.61. The van der Waals surface area contributed by atoms with Crippen molar-refractivity contribution in [3.63, 3.8) is 0 Å². The van der Waals surface area contributed by atoms with Crippen molar-refractivity contribution in [2.24, 2.45) is 4.99 Å². The molecule has 2 N–H and O–H groups in total.